The van der Waals surface area contributed by atoms with Gasteiger partial charge in [0.1, 0.15) is 5.85 Å². The van der Waals surface area contributed by atoms with E-state index in [1.165, 1.54) is 0 Å². The minimum Gasteiger partial charge on any atom is -0.393 e. The fourth-order valence-corrected chi connectivity index (χ4v) is 1.94. The van der Waals surface area contributed by atoms with Crippen LogP contribution >= 0.6 is 8.38 Å². The molecule has 1 unspecified atom stereocenters. The Hall–Kier alpha value is 0.270. The zero-order valence-corrected chi connectivity index (χ0v) is 9.49. The van der Waals surface area contributed by atoms with E-state index in [4.69, 9.17) is 14.2 Å². The summed E-state index contributed by atoms with van der Waals surface area (Å²) in [6.45, 7) is 7.13. The molecule has 0 rings (SSSR count). The largest absolute Gasteiger partial charge is 0.393 e. The Kier molecular flexibility index (Phi) is 6.82. The van der Waals surface area contributed by atoms with Crippen LogP contribution in [0.2, 0.25) is 0 Å². The summed E-state index contributed by atoms with van der Waals surface area (Å²) in [6, 6.07) is 0. The zero-order chi connectivity index (χ0) is 10.4. The maximum Gasteiger partial charge on any atom is 0.204 e. The molecule has 0 bridgehead atoms. The molecule has 80 valence electrons. The van der Waals surface area contributed by atoms with Crippen molar-refractivity contribution >= 4 is 8.38 Å². The molecule has 0 aliphatic heterocycles. The minimum atomic E-state index is -1.40. The monoisotopic (exact) mass is 210 g/mol. The fraction of sp³-hybridized carbons (Fsp3) is 1.00. The predicted octanol–water partition coefficient (Wildman–Crippen LogP) is 1.46. The average Bonchev–Trinajstić information content (AvgIpc) is 2.00. The summed E-state index contributed by atoms with van der Waals surface area (Å²) < 4.78 is 10.7. The Morgan fingerprint density at radius 1 is 1.08 bits per heavy atom. The Balaban J connectivity index is 4.02. The second-order valence-corrected chi connectivity index (χ2v) is 4.85. The van der Waals surface area contributed by atoms with Crippen molar-refractivity contribution in [3.63, 3.8) is 0 Å². The average molecular weight is 210 g/mol. The van der Waals surface area contributed by atoms with Crippen molar-refractivity contribution in [1.29, 1.82) is 0 Å². The summed E-state index contributed by atoms with van der Waals surface area (Å²) in [7, 11) is -1.40. The number of aliphatic hydroxyl groups excluding tert-OH is 2. The van der Waals surface area contributed by atoms with Crippen LogP contribution in [-0.4, -0.2) is 34.9 Å². The van der Waals surface area contributed by atoms with Gasteiger partial charge in [0.05, 0.1) is 18.8 Å². The summed E-state index contributed by atoms with van der Waals surface area (Å²) in [4.78, 5) is 0. The third-order valence-electron chi connectivity index (χ3n) is 1.04. The van der Waals surface area contributed by atoms with Crippen LogP contribution in [0.1, 0.15) is 27.7 Å². The van der Waals surface area contributed by atoms with E-state index >= 15 is 0 Å². The Bertz CT molecular complexity index is 119. The van der Waals surface area contributed by atoms with Gasteiger partial charge in [0.15, 0.2) is 0 Å². The molecule has 0 aliphatic rings. The second kappa shape index (κ2) is 6.68. The Labute approximate surface area is 80.8 Å². The number of hydrogen-bond acceptors (Lipinski definition) is 4. The van der Waals surface area contributed by atoms with Gasteiger partial charge >= 0.3 is 0 Å². The van der Waals surface area contributed by atoms with E-state index in [2.05, 4.69) is 0 Å². The van der Waals surface area contributed by atoms with Gasteiger partial charge in [0, 0.05) is 0 Å². The van der Waals surface area contributed by atoms with Crippen molar-refractivity contribution in [2.45, 2.75) is 45.7 Å². The standard InChI is InChI=1S/C8H19O4P/c1-6(2)11-13(8(10)5-9)12-7(3)4/h6-10H,5H2,1-4H3. The molecule has 13 heavy (non-hydrogen) atoms. The minimum absolute atomic E-state index is 0.00828. The molecular formula is C8H19O4P. The Morgan fingerprint density at radius 2 is 1.46 bits per heavy atom. The lowest BCUT2D eigenvalue weighted by molar-refractivity contribution is 0.101. The molecule has 5 heteroatoms. The summed E-state index contributed by atoms with van der Waals surface area (Å²) in [5.74, 6) is -0.917. The SMILES string of the molecule is CC(C)OP(OC(C)C)C(O)CO. The second-order valence-electron chi connectivity index (χ2n) is 3.26. The zero-order valence-electron chi connectivity index (χ0n) is 8.60. The highest BCUT2D eigenvalue weighted by atomic mass is 31.2. The number of hydrogen-bond donors (Lipinski definition) is 2. The maximum atomic E-state index is 9.34. The van der Waals surface area contributed by atoms with Gasteiger partial charge in [-0.2, -0.15) is 0 Å². The molecule has 4 nitrogen and oxygen atoms in total. The lowest BCUT2D eigenvalue weighted by Crippen LogP contribution is -2.17. The van der Waals surface area contributed by atoms with Crippen LogP contribution in [0.5, 0.6) is 0 Å². The summed E-state index contributed by atoms with van der Waals surface area (Å²) in [5, 5.41) is 18.1. The first kappa shape index (κ1) is 13.3. The maximum absolute atomic E-state index is 9.34. The van der Waals surface area contributed by atoms with Gasteiger partial charge < -0.3 is 19.3 Å². The molecule has 1 atom stereocenters. The van der Waals surface area contributed by atoms with E-state index in [0.29, 0.717) is 0 Å². The number of rotatable bonds is 6. The Morgan fingerprint density at radius 3 is 1.69 bits per heavy atom. The van der Waals surface area contributed by atoms with E-state index in [1.54, 1.807) is 0 Å². The predicted molar refractivity (Wildman–Crippen MR) is 52.5 cm³/mol. The lowest BCUT2D eigenvalue weighted by Gasteiger charge is -2.24. The van der Waals surface area contributed by atoms with Crippen LogP contribution in [0.25, 0.3) is 0 Å². The normalized spacial score (nSPS) is 14.5. The highest BCUT2D eigenvalue weighted by Crippen LogP contribution is 2.44. The van der Waals surface area contributed by atoms with Crippen LogP contribution in [0.4, 0.5) is 0 Å². The molecule has 0 saturated carbocycles. The topological polar surface area (TPSA) is 58.9 Å². The molecule has 0 aromatic carbocycles. The van der Waals surface area contributed by atoms with Crippen molar-refractivity contribution in [2.24, 2.45) is 0 Å². The van der Waals surface area contributed by atoms with E-state index in [0.717, 1.165) is 0 Å². The molecule has 0 amide bonds. The van der Waals surface area contributed by atoms with Crippen LogP contribution < -0.4 is 0 Å². The van der Waals surface area contributed by atoms with Crippen molar-refractivity contribution < 1.29 is 19.3 Å². The molecule has 0 aromatic rings. The van der Waals surface area contributed by atoms with Gasteiger partial charge in [0.2, 0.25) is 8.38 Å². The summed E-state index contributed by atoms with van der Waals surface area (Å²) in [5.41, 5.74) is 0. The first-order chi connectivity index (χ1) is 5.97. The van der Waals surface area contributed by atoms with E-state index in [-0.39, 0.29) is 18.8 Å². The summed E-state index contributed by atoms with van der Waals surface area (Å²) in [6.07, 6.45) is -0.0166. The van der Waals surface area contributed by atoms with Crippen molar-refractivity contribution in [2.75, 3.05) is 6.61 Å². The third-order valence-corrected chi connectivity index (χ3v) is 2.94. The molecular weight excluding hydrogens is 191 g/mol. The van der Waals surface area contributed by atoms with E-state index in [9.17, 15) is 5.11 Å². The van der Waals surface area contributed by atoms with Crippen LogP contribution in [0.3, 0.4) is 0 Å². The van der Waals surface area contributed by atoms with Gasteiger partial charge in [-0.05, 0) is 27.7 Å². The van der Waals surface area contributed by atoms with Gasteiger partial charge in [0.25, 0.3) is 0 Å². The number of aliphatic hydroxyl groups is 2. The molecule has 2 N–H and O–H groups in total. The smallest absolute Gasteiger partial charge is 0.204 e. The van der Waals surface area contributed by atoms with Crippen LogP contribution in [0, 0.1) is 0 Å². The summed E-state index contributed by atoms with van der Waals surface area (Å²) >= 11 is 0. The van der Waals surface area contributed by atoms with Crippen LogP contribution in [-0.2, 0) is 9.05 Å². The van der Waals surface area contributed by atoms with Gasteiger partial charge in [-0.15, -0.1) is 0 Å². The van der Waals surface area contributed by atoms with Gasteiger partial charge in [-0.25, -0.2) is 0 Å². The lowest BCUT2D eigenvalue weighted by atomic mass is 10.5. The fourth-order valence-electron chi connectivity index (χ4n) is 0.648. The third kappa shape index (κ3) is 6.36. The molecule has 0 aromatic heterocycles. The highest BCUT2D eigenvalue weighted by molar-refractivity contribution is 7.47. The van der Waals surface area contributed by atoms with Crippen LogP contribution in [0.15, 0.2) is 0 Å². The van der Waals surface area contributed by atoms with E-state index < -0.39 is 14.2 Å². The molecule has 0 fully saturated rings. The molecule has 0 aliphatic carbocycles. The van der Waals surface area contributed by atoms with Gasteiger partial charge in [-0.1, -0.05) is 0 Å². The van der Waals surface area contributed by atoms with Crippen molar-refractivity contribution in [3.8, 4) is 0 Å². The molecule has 0 saturated heterocycles. The van der Waals surface area contributed by atoms with Crippen molar-refractivity contribution in [1.82, 2.24) is 0 Å². The molecule has 0 spiro atoms. The molecule has 0 heterocycles. The quantitative estimate of drug-likeness (QED) is 0.651. The van der Waals surface area contributed by atoms with Gasteiger partial charge in [-0.3, -0.25) is 0 Å². The molecule has 0 radical (unpaired) electrons. The highest BCUT2D eigenvalue weighted by Gasteiger charge is 2.23. The first-order valence-electron chi connectivity index (χ1n) is 4.39. The van der Waals surface area contributed by atoms with E-state index in [1.807, 2.05) is 27.7 Å². The van der Waals surface area contributed by atoms with Crippen molar-refractivity contribution in [3.05, 3.63) is 0 Å². The first-order valence-corrected chi connectivity index (χ1v) is 5.63.